The maximum absolute atomic E-state index is 14.4. The second-order valence-corrected chi connectivity index (χ2v) is 25.6. The van der Waals surface area contributed by atoms with Gasteiger partial charge in [0.2, 0.25) is 5.91 Å². The molecule has 3 unspecified atom stereocenters. The number of amides is 1. The average Bonchev–Trinajstić information content (AvgIpc) is 3.30. The van der Waals surface area contributed by atoms with Crippen LogP contribution in [0, 0.1) is 50.2 Å². The van der Waals surface area contributed by atoms with Gasteiger partial charge in [-0.25, -0.2) is 0 Å². The number of phenols is 1. The van der Waals surface area contributed by atoms with E-state index in [1.165, 1.54) is 33.6 Å². The van der Waals surface area contributed by atoms with Crippen LogP contribution in [0.3, 0.4) is 0 Å². The van der Waals surface area contributed by atoms with Crippen LogP contribution in [-0.4, -0.2) is 92.0 Å². The number of methoxy groups -OCH3 is 3. The second kappa shape index (κ2) is 18.4. The molecule has 1 heterocycles. The molecule has 1 aromatic carbocycles. The minimum Gasteiger partial charge on any atom is -0.504 e. The smallest absolute Gasteiger partial charge is 0.312 e. The molecule has 1 amide bonds. The maximum atomic E-state index is 14.4. The summed E-state index contributed by atoms with van der Waals surface area (Å²) >= 11 is 0. The highest BCUT2D eigenvalue weighted by Crippen LogP contribution is 2.76. The number of phenolic OH excluding ortho intramolecular Hbond substituents is 1. The van der Waals surface area contributed by atoms with Crippen molar-refractivity contribution >= 4 is 29.8 Å². The van der Waals surface area contributed by atoms with E-state index in [-0.39, 0.29) is 82.0 Å². The molecule has 1 aromatic rings. The Labute approximate surface area is 427 Å². The van der Waals surface area contributed by atoms with Gasteiger partial charge in [0.15, 0.2) is 17.6 Å². The van der Waals surface area contributed by atoms with Gasteiger partial charge in [-0.15, -0.1) is 0 Å². The van der Waals surface area contributed by atoms with Crippen molar-refractivity contribution < 1.29 is 57.5 Å². The lowest BCUT2D eigenvalue weighted by Crippen LogP contribution is -2.65. The summed E-state index contributed by atoms with van der Waals surface area (Å²) in [6.45, 7) is 20.0. The molecule has 13 nitrogen and oxygen atoms in total. The van der Waals surface area contributed by atoms with E-state index in [0.717, 1.165) is 75.3 Å². The fourth-order valence-electron chi connectivity index (χ4n) is 17.8. The van der Waals surface area contributed by atoms with Gasteiger partial charge < -0.3 is 38.4 Å². The van der Waals surface area contributed by atoms with Gasteiger partial charge in [0.1, 0.15) is 18.0 Å². The Kier molecular flexibility index (Phi) is 13.4. The van der Waals surface area contributed by atoms with Gasteiger partial charge in [0.05, 0.1) is 32.8 Å². The lowest BCUT2D eigenvalue weighted by atomic mass is 9.33. The summed E-state index contributed by atoms with van der Waals surface area (Å²) in [6.07, 6.45) is 12.8. The Morgan fingerprint density at radius 1 is 0.764 bits per heavy atom. The zero-order valence-electron chi connectivity index (χ0n) is 45.4. The number of nitrogens with zero attached hydrogens (tertiary/aromatic N) is 1. The highest BCUT2D eigenvalue weighted by Gasteiger charge is 2.70. The summed E-state index contributed by atoms with van der Waals surface area (Å²) in [6, 6.07) is 3.16. The van der Waals surface area contributed by atoms with Crippen LogP contribution < -0.4 is 4.74 Å². The zero-order valence-corrected chi connectivity index (χ0v) is 45.4. The van der Waals surface area contributed by atoms with Crippen LogP contribution in [0.25, 0.3) is 0 Å². The van der Waals surface area contributed by atoms with E-state index in [1.807, 2.05) is 11.0 Å². The van der Waals surface area contributed by atoms with E-state index >= 15 is 0 Å². The number of unbranched alkanes of at least 4 members (excludes halogenated alkanes) is 1. The number of rotatable bonds is 11. The molecule has 5 fully saturated rings. The van der Waals surface area contributed by atoms with E-state index < -0.39 is 41.0 Å². The number of piperidine rings is 1. The molecule has 1 saturated heterocycles. The quantitative estimate of drug-likeness (QED) is 0.0967. The molecule has 7 aliphatic carbocycles. The van der Waals surface area contributed by atoms with Gasteiger partial charge in [-0.1, -0.05) is 66.2 Å². The van der Waals surface area contributed by atoms with Crippen molar-refractivity contribution in [3.63, 3.8) is 0 Å². The highest BCUT2D eigenvalue weighted by molar-refractivity contribution is 5.80. The lowest BCUT2D eigenvalue weighted by Gasteiger charge is -2.71. The maximum Gasteiger partial charge on any atom is 0.312 e. The van der Waals surface area contributed by atoms with Gasteiger partial charge >= 0.3 is 23.9 Å². The number of carbonyl (C=O) groups is 5. The van der Waals surface area contributed by atoms with Crippen LogP contribution in [-0.2, 0) is 59.5 Å². The number of carbonyl (C=O) groups excluding carboxylic acids is 5. The van der Waals surface area contributed by atoms with Crippen molar-refractivity contribution in [3.05, 3.63) is 46.2 Å². The number of hydrogen-bond acceptors (Lipinski definition) is 12. The van der Waals surface area contributed by atoms with Crippen LogP contribution in [0.5, 0.6) is 11.5 Å². The second-order valence-electron chi connectivity index (χ2n) is 25.6. The minimum absolute atomic E-state index is 0.00224. The predicted octanol–water partition coefficient (Wildman–Crippen LogP) is 10.4. The molecule has 0 aromatic heterocycles. The first-order chi connectivity index (χ1) is 33.9. The number of hydrogen-bond donors (Lipinski definition) is 1. The van der Waals surface area contributed by atoms with Gasteiger partial charge in [0.25, 0.3) is 0 Å². The standard InChI is InChI=1S/C59H83NO12/c1-34(61)70-41-33-59-29-30-60(39(48(59)51(68-11)50(41)71-35(2)62)31-36-17-19-40(67-10)49(65)47(36)59)45(63)15-13-14-16-46(64)72-44-22-23-55(7)42(54(44,5)6)21-24-57(9)43(55)20-18-37-38-32-53(3,4)25-27-58(38,52(66)69-12)28-26-56(37,57)8/h17-19,38-39,41-44,50,65H,13-16,20-33H2,1-12H3/t38-,39+,41?,42?,43+,44-,50?,55-,56+,57+,58-,59+/m0/s1. The first kappa shape index (κ1) is 52.3. The van der Waals surface area contributed by atoms with E-state index in [9.17, 15) is 29.1 Å². The number of aromatic hydroxyl groups is 1. The Morgan fingerprint density at radius 3 is 2.15 bits per heavy atom. The van der Waals surface area contributed by atoms with E-state index in [0.29, 0.717) is 61.1 Å². The summed E-state index contributed by atoms with van der Waals surface area (Å²) in [5.41, 5.74) is 2.53. The number of likely N-dealkylation sites (tertiary alicyclic amines) is 1. The molecule has 2 bridgehead atoms. The molecule has 1 N–H and O–H groups in total. The largest absolute Gasteiger partial charge is 0.504 e. The first-order valence-electron chi connectivity index (χ1n) is 27.2. The van der Waals surface area contributed by atoms with Crippen LogP contribution in [0.2, 0.25) is 0 Å². The molecule has 12 atom stereocenters. The number of esters is 4. The van der Waals surface area contributed by atoms with Crippen molar-refractivity contribution in [1.82, 2.24) is 4.90 Å². The average molecular weight is 998 g/mol. The van der Waals surface area contributed by atoms with E-state index in [2.05, 4.69) is 54.5 Å². The van der Waals surface area contributed by atoms with Crippen molar-refractivity contribution in [1.29, 1.82) is 0 Å². The first-order valence-corrected chi connectivity index (χ1v) is 27.2. The highest BCUT2D eigenvalue weighted by atomic mass is 16.6. The third-order valence-electron chi connectivity index (χ3n) is 21.4. The van der Waals surface area contributed by atoms with Crippen LogP contribution in [0.15, 0.2) is 35.1 Å². The third kappa shape index (κ3) is 7.90. The molecule has 1 aliphatic heterocycles. The van der Waals surface area contributed by atoms with Gasteiger partial charge in [-0.3, -0.25) is 24.0 Å². The van der Waals surface area contributed by atoms with E-state index in [1.54, 1.807) is 13.2 Å². The van der Waals surface area contributed by atoms with Crippen LogP contribution >= 0.6 is 0 Å². The number of benzene rings is 1. The van der Waals surface area contributed by atoms with Crippen molar-refractivity contribution in [2.45, 2.75) is 201 Å². The summed E-state index contributed by atoms with van der Waals surface area (Å²) < 4.78 is 35.3. The topological polar surface area (TPSA) is 164 Å². The Hall–Kier alpha value is -4.55. The molecule has 13 heteroatoms. The van der Waals surface area contributed by atoms with E-state index in [4.69, 9.17) is 28.4 Å². The molecule has 396 valence electrons. The molecule has 0 spiro atoms. The number of allylic oxidation sites excluding steroid dienone is 2. The minimum atomic E-state index is -1.04. The Morgan fingerprint density at radius 2 is 1.47 bits per heavy atom. The fourth-order valence-corrected chi connectivity index (χ4v) is 17.8. The Balaban J connectivity index is 0.866. The van der Waals surface area contributed by atoms with Gasteiger partial charge in [0, 0.05) is 61.6 Å². The molecule has 0 radical (unpaired) electrons. The molecular weight excluding hydrogens is 915 g/mol. The van der Waals surface area contributed by atoms with Crippen LogP contribution in [0.4, 0.5) is 0 Å². The summed E-state index contributed by atoms with van der Waals surface area (Å²) in [5, 5.41) is 11.7. The molecular formula is C59H83NO12. The lowest BCUT2D eigenvalue weighted by molar-refractivity contribution is -0.214. The van der Waals surface area contributed by atoms with Gasteiger partial charge in [-0.2, -0.15) is 0 Å². The summed E-state index contributed by atoms with van der Waals surface area (Å²) in [4.78, 5) is 68.7. The normalized spacial score (nSPS) is 37.9. The van der Waals surface area contributed by atoms with Gasteiger partial charge in [-0.05, 0) is 141 Å². The molecule has 9 rings (SSSR count). The van der Waals surface area contributed by atoms with Crippen molar-refractivity contribution in [3.8, 4) is 11.5 Å². The fraction of sp³-hybridized carbons (Fsp3) is 0.746. The SMILES string of the molecule is COC(=O)[C@]12CCC(C)(C)C[C@H]1C1=CC[C@@H]3[C@@]4(C)CC[C@H](OC(=O)CCCCC(=O)N5CC[C@]67CC(OC(C)=O)C(OC(C)=O)C(OC)=C6[C@H]5Cc5ccc(OC)c(O)c57)C(C)(C)C4CC[C@@]3(C)[C@]1(C)CC2. The summed E-state index contributed by atoms with van der Waals surface area (Å²) in [5.74, 6) is 0.268. The summed E-state index contributed by atoms with van der Waals surface area (Å²) in [7, 11) is 4.55. The Bertz CT molecular complexity index is 2450. The van der Waals surface area contributed by atoms with Crippen LogP contribution in [0.1, 0.15) is 176 Å². The van der Waals surface area contributed by atoms with Crippen molar-refractivity contribution in [2.75, 3.05) is 27.9 Å². The molecule has 4 saturated carbocycles. The monoisotopic (exact) mass is 998 g/mol. The molecule has 8 aliphatic rings. The number of ether oxygens (including phenoxy) is 6. The predicted molar refractivity (Wildman–Crippen MR) is 269 cm³/mol. The zero-order chi connectivity index (χ0) is 52.1. The number of fused-ring (bicyclic) bond motifs is 8. The third-order valence-corrected chi connectivity index (χ3v) is 21.4. The molecule has 72 heavy (non-hydrogen) atoms. The van der Waals surface area contributed by atoms with Crippen molar-refractivity contribution in [2.24, 2.45) is 50.2 Å².